The number of nitrogens with zero attached hydrogens (tertiary/aromatic N) is 1. The smallest absolute Gasteiger partial charge is 0.326 e. The van der Waals surface area contributed by atoms with Crippen molar-refractivity contribution in [3.05, 3.63) is 0 Å². The minimum atomic E-state index is -0.880. The van der Waals surface area contributed by atoms with Crippen LogP contribution in [0.15, 0.2) is 0 Å². The molecule has 1 aliphatic heterocycles. The number of carboxylic acid groups (broad SMARTS) is 1. The van der Waals surface area contributed by atoms with Crippen LogP contribution in [0.4, 0.5) is 0 Å². The highest BCUT2D eigenvalue weighted by molar-refractivity contribution is 9.09. The van der Waals surface area contributed by atoms with E-state index in [1.807, 2.05) is 0 Å². The van der Waals surface area contributed by atoms with Gasteiger partial charge in [-0.1, -0.05) is 15.9 Å². The van der Waals surface area contributed by atoms with E-state index in [9.17, 15) is 9.59 Å². The van der Waals surface area contributed by atoms with Gasteiger partial charge in [-0.05, 0) is 19.3 Å². The van der Waals surface area contributed by atoms with Crippen molar-refractivity contribution in [2.24, 2.45) is 0 Å². The minimum absolute atomic E-state index is 0.0213. The van der Waals surface area contributed by atoms with E-state index in [0.29, 0.717) is 19.4 Å². The molecule has 5 heteroatoms. The van der Waals surface area contributed by atoms with Crippen molar-refractivity contribution in [1.29, 1.82) is 0 Å². The van der Waals surface area contributed by atoms with Crippen molar-refractivity contribution in [3.8, 4) is 0 Å². The highest BCUT2D eigenvalue weighted by atomic mass is 79.9. The quantitative estimate of drug-likeness (QED) is 0.600. The predicted molar refractivity (Wildman–Crippen MR) is 55.4 cm³/mol. The molecule has 0 aliphatic carbocycles. The first-order valence-corrected chi connectivity index (χ1v) is 5.87. The van der Waals surface area contributed by atoms with E-state index >= 15 is 0 Å². The number of likely N-dealkylation sites (tertiary alicyclic amines) is 1. The van der Waals surface area contributed by atoms with E-state index in [1.54, 1.807) is 0 Å². The van der Waals surface area contributed by atoms with Gasteiger partial charge < -0.3 is 10.0 Å². The second-order valence-electron chi connectivity index (χ2n) is 3.38. The van der Waals surface area contributed by atoms with Crippen LogP contribution in [0, 0.1) is 0 Å². The Balaban J connectivity index is 2.45. The first-order valence-electron chi connectivity index (χ1n) is 4.75. The summed E-state index contributed by atoms with van der Waals surface area (Å²) in [6, 6.07) is -0.585. The van der Waals surface area contributed by atoms with Gasteiger partial charge in [0.2, 0.25) is 5.91 Å². The lowest BCUT2D eigenvalue weighted by molar-refractivity contribution is -0.146. The lowest BCUT2D eigenvalue weighted by Gasteiger charge is -2.21. The summed E-state index contributed by atoms with van der Waals surface area (Å²) in [5, 5.41) is 9.75. The fourth-order valence-electron chi connectivity index (χ4n) is 1.65. The molecule has 14 heavy (non-hydrogen) atoms. The van der Waals surface area contributed by atoms with Crippen molar-refractivity contribution in [1.82, 2.24) is 4.90 Å². The Morgan fingerprint density at radius 3 is 2.86 bits per heavy atom. The number of carbonyl (C=O) groups is 2. The maximum absolute atomic E-state index is 11.3. The number of hydrogen-bond acceptors (Lipinski definition) is 2. The van der Waals surface area contributed by atoms with Crippen molar-refractivity contribution < 1.29 is 14.7 Å². The number of carboxylic acids is 1. The molecule has 1 atom stereocenters. The lowest BCUT2D eigenvalue weighted by atomic mass is 10.2. The molecule has 0 unspecified atom stereocenters. The summed E-state index contributed by atoms with van der Waals surface area (Å²) in [6.45, 7) is 0.571. The van der Waals surface area contributed by atoms with Crippen LogP contribution in [0.5, 0.6) is 0 Å². The average molecular weight is 264 g/mol. The molecule has 0 aromatic rings. The summed E-state index contributed by atoms with van der Waals surface area (Å²) in [5.41, 5.74) is 0. The zero-order valence-electron chi connectivity index (χ0n) is 7.91. The Kier molecular flexibility index (Phi) is 4.38. The Labute approximate surface area is 91.4 Å². The summed E-state index contributed by atoms with van der Waals surface area (Å²) in [4.78, 5) is 23.6. The van der Waals surface area contributed by atoms with Gasteiger partial charge in [-0.15, -0.1) is 0 Å². The molecular formula is C9H14BrNO3. The van der Waals surface area contributed by atoms with Gasteiger partial charge in [0.1, 0.15) is 6.04 Å². The predicted octanol–water partition coefficient (Wildman–Crippen LogP) is 1.24. The first kappa shape index (κ1) is 11.5. The van der Waals surface area contributed by atoms with Gasteiger partial charge in [0.15, 0.2) is 0 Å². The number of halogens is 1. The van der Waals surface area contributed by atoms with Crippen LogP contribution in [0.25, 0.3) is 0 Å². The van der Waals surface area contributed by atoms with Gasteiger partial charge >= 0.3 is 5.97 Å². The van der Waals surface area contributed by atoms with Gasteiger partial charge in [-0.3, -0.25) is 4.79 Å². The Hall–Kier alpha value is -0.580. The van der Waals surface area contributed by atoms with E-state index in [4.69, 9.17) is 5.11 Å². The summed E-state index contributed by atoms with van der Waals surface area (Å²) in [6.07, 6.45) is 2.67. The molecular weight excluding hydrogens is 250 g/mol. The summed E-state index contributed by atoms with van der Waals surface area (Å²) < 4.78 is 0. The van der Waals surface area contributed by atoms with E-state index in [0.717, 1.165) is 18.2 Å². The fourth-order valence-corrected chi connectivity index (χ4v) is 2.04. The molecule has 1 N–H and O–H groups in total. The third kappa shape index (κ3) is 2.70. The van der Waals surface area contributed by atoms with Crippen molar-refractivity contribution in [3.63, 3.8) is 0 Å². The molecule has 4 nitrogen and oxygen atoms in total. The zero-order chi connectivity index (χ0) is 10.6. The number of unbranched alkanes of at least 4 members (excludes halogenated alkanes) is 1. The minimum Gasteiger partial charge on any atom is -0.480 e. The molecule has 0 spiro atoms. The van der Waals surface area contributed by atoms with Crippen LogP contribution >= 0.6 is 15.9 Å². The molecule has 1 heterocycles. The second-order valence-corrected chi connectivity index (χ2v) is 4.17. The molecule has 0 aromatic heterocycles. The third-order valence-corrected chi connectivity index (χ3v) is 2.96. The largest absolute Gasteiger partial charge is 0.480 e. The number of rotatable bonds is 5. The Morgan fingerprint density at radius 2 is 2.29 bits per heavy atom. The topological polar surface area (TPSA) is 57.6 Å². The fraction of sp³-hybridized carbons (Fsp3) is 0.778. The van der Waals surface area contributed by atoms with E-state index < -0.39 is 12.0 Å². The molecule has 1 fully saturated rings. The normalized spacial score (nSPS) is 21.6. The number of carbonyl (C=O) groups excluding carboxylic acids is 1. The summed E-state index contributed by atoms with van der Waals surface area (Å²) >= 11 is 3.30. The molecule has 0 aromatic carbocycles. The average Bonchev–Trinajstić information content (AvgIpc) is 2.48. The van der Waals surface area contributed by atoms with E-state index in [2.05, 4.69) is 15.9 Å². The summed E-state index contributed by atoms with van der Waals surface area (Å²) in [5.74, 6) is -0.901. The van der Waals surface area contributed by atoms with Crippen LogP contribution < -0.4 is 0 Å². The van der Waals surface area contributed by atoms with Crippen molar-refractivity contribution >= 4 is 27.8 Å². The van der Waals surface area contributed by atoms with Gasteiger partial charge in [-0.25, -0.2) is 4.79 Å². The molecule has 80 valence electrons. The van der Waals surface area contributed by atoms with Crippen LogP contribution in [0.1, 0.15) is 25.7 Å². The standard InChI is InChI=1S/C9H14BrNO3/c10-5-1-2-6-11-7(9(13)14)3-4-8(11)12/h7H,1-6H2,(H,13,14)/t7-/m0/s1. The highest BCUT2D eigenvalue weighted by Crippen LogP contribution is 2.19. The molecule has 1 saturated heterocycles. The molecule has 0 saturated carbocycles. The molecule has 0 radical (unpaired) electrons. The van der Waals surface area contributed by atoms with Gasteiger partial charge in [-0.2, -0.15) is 0 Å². The van der Waals surface area contributed by atoms with Crippen LogP contribution in [-0.2, 0) is 9.59 Å². The Bertz CT molecular complexity index is 232. The highest BCUT2D eigenvalue weighted by Gasteiger charge is 2.35. The van der Waals surface area contributed by atoms with Gasteiger partial charge in [0.25, 0.3) is 0 Å². The zero-order valence-corrected chi connectivity index (χ0v) is 9.49. The van der Waals surface area contributed by atoms with Crippen LogP contribution in [-0.4, -0.2) is 39.8 Å². The van der Waals surface area contributed by atoms with Crippen molar-refractivity contribution in [2.45, 2.75) is 31.7 Å². The van der Waals surface area contributed by atoms with Crippen molar-refractivity contribution in [2.75, 3.05) is 11.9 Å². The first-order chi connectivity index (χ1) is 6.66. The van der Waals surface area contributed by atoms with E-state index in [-0.39, 0.29) is 5.91 Å². The van der Waals surface area contributed by atoms with E-state index in [1.165, 1.54) is 4.90 Å². The summed E-state index contributed by atoms with van der Waals surface area (Å²) in [7, 11) is 0. The lowest BCUT2D eigenvalue weighted by Crippen LogP contribution is -2.39. The second kappa shape index (κ2) is 5.34. The maximum Gasteiger partial charge on any atom is 0.326 e. The number of aliphatic carboxylic acids is 1. The van der Waals surface area contributed by atoms with Crippen LogP contribution in [0.3, 0.4) is 0 Å². The number of amides is 1. The monoisotopic (exact) mass is 263 g/mol. The SMILES string of the molecule is O=C(O)[C@@H]1CCC(=O)N1CCCCBr. The molecule has 1 aliphatic rings. The Morgan fingerprint density at radius 1 is 1.57 bits per heavy atom. The maximum atomic E-state index is 11.3. The van der Waals surface area contributed by atoms with Gasteiger partial charge in [0, 0.05) is 18.3 Å². The third-order valence-electron chi connectivity index (χ3n) is 2.40. The number of hydrogen-bond donors (Lipinski definition) is 1. The molecule has 1 amide bonds. The van der Waals surface area contributed by atoms with Gasteiger partial charge in [0.05, 0.1) is 0 Å². The molecule has 1 rings (SSSR count). The molecule has 0 bridgehead atoms. The van der Waals surface area contributed by atoms with Crippen LogP contribution in [0.2, 0.25) is 0 Å². The number of alkyl halides is 1.